The van der Waals surface area contributed by atoms with Gasteiger partial charge in [0.15, 0.2) is 5.03 Å². The molecule has 2 aliphatic rings. The number of aryl methyl sites for hydroxylation is 2. The summed E-state index contributed by atoms with van der Waals surface area (Å²) in [6.45, 7) is 5.68. The largest absolute Gasteiger partial charge is 0.334 e. The van der Waals surface area contributed by atoms with Gasteiger partial charge < -0.3 is 10.3 Å². The molecule has 3 rings (SSSR count). The molecule has 6 nitrogen and oxygen atoms in total. The Morgan fingerprint density at radius 2 is 2.15 bits per heavy atom. The van der Waals surface area contributed by atoms with Crippen molar-refractivity contribution in [3.05, 3.63) is 12.0 Å². The summed E-state index contributed by atoms with van der Waals surface area (Å²) in [5.41, 5.74) is 6.07. The standard InChI is InChI=1S/C13H22N4O2S/c1-3-16-8-13(15-9(16)2)20(18,19)17-6-10-4-5-12(14)11(10)7-17/h8,10-12H,3-7,14H2,1-2H3. The zero-order valence-corrected chi connectivity index (χ0v) is 12.8. The molecule has 1 saturated heterocycles. The van der Waals surface area contributed by atoms with E-state index in [2.05, 4.69) is 4.98 Å². The first-order chi connectivity index (χ1) is 9.43. The van der Waals surface area contributed by atoms with Crippen LogP contribution in [0.5, 0.6) is 0 Å². The molecule has 0 amide bonds. The molecule has 7 heteroatoms. The quantitative estimate of drug-likeness (QED) is 0.884. The second kappa shape index (κ2) is 4.82. The van der Waals surface area contributed by atoms with Crippen LogP contribution >= 0.6 is 0 Å². The van der Waals surface area contributed by atoms with Gasteiger partial charge in [0.05, 0.1) is 0 Å². The maximum atomic E-state index is 12.7. The second-order valence-electron chi connectivity index (χ2n) is 5.90. The molecule has 112 valence electrons. The number of sulfonamides is 1. The number of imidazole rings is 1. The Bertz CT molecular complexity index is 610. The smallest absolute Gasteiger partial charge is 0.262 e. The van der Waals surface area contributed by atoms with Crippen molar-refractivity contribution in [1.29, 1.82) is 0 Å². The molecule has 0 bridgehead atoms. The molecule has 2 heterocycles. The van der Waals surface area contributed by atoms with E-state index in [0.29, 0.717) is 24.9 Å². The van der Waals surface area contributed by atoms with E-state index in [1.54, 1.807) is 10.5 Å². The minimum absolute atomic E-state index is 0.148. The highest BCUT2D eigenvalue weighted by molar-refractivity contribution is 7.89. The van der Waals surface area contributed by atoms with Gasteiger partial charge >= 0.3 is 0 Å². The zero-order valence-electron chi connectivity index (χ0n) is 12.0. The molecule has 1 saturated carbocycles. The summed E-state index contributed by atoms with van der Waals surface area (Å²) in [5.74, 6) is 1.48. The normalized spacial score (nSPS) is 30.9. The summed E-state index contributed by atoms with van der Waals surface area (Å²) in [4.78, 5) is 4.21. The lowest BCUT2D eigenvalue weighted by atomic mass is 9.98. The third-order valence-corrected chi connectivity index (χ3v) is 6.48. The van der Waals surface area contributed by atoms with Crippen LogP contribution in [0.4, 0.5) is 0 Å². The molecule has 3 unspecified atom stereocenters. The fourth-order valence-electron chi connectivity index (χ4n) is 3.52. The van der Waals surface area contributed by atoms with Crippen molar-refractivity contribution in [1.82, 2.24) is 13.9 Å². The van der Waals surface area contributed by atoms with E-state index in [4.69, 9.17) is 5.73 Å². The van der Waals surface area contributed by atoms with Crippen LogP contribution in [0.3, 0.4) is 0 Å². The topological polar surface area (TPSA) is 81.2 Å². The fraction of sp³-hybridized carbons (Fsp3) is 0.769. The van der Waals surface area contributed by atoms with Gasteiger partial charge in [0, 0.05) is 31.9 Å². The van der Waals surface area contributed by atoms with Gasteiger partial charge in [-0.15, -0.1) is 0 Å². The third-order valence-electron chi connectivity index (χ3n) is 4.78. The SMILES string of the molecule is CCn1cc(S(=O)(=O)N2CC3CCC(N)C3C2)nc1C. The van der Waals surface area contributed by atoms with Gasteiger partial charge in [-0.3, -0.25) is 0 Å². The van der Waals surface area contributed by atoms with E-state index in [9.17, 15) is 8.42 Å². The van der Waals surface area contributed by atoms with Crippen molar-refractivity contribution in [3.63, 3.8) is 0 Å². The molecule has 1 aliphatic carbocycles. The summed E-state index contributed by atoms with van der Waals surface area (Å²) in [7, 11) is -3.47. The first kappa shape index (κ1) is 14.0. The summed E-state index contributed by atoms with van der Waals surface area (Å²) in [6, 6.07) is 0.148. The lowest BCUT2D eigenvalue weighted by Crippen LogP contribution is -2.33. The van der Waals surface area contributed by atoms with Gasteiger partial charge in [-0.25, -0.2) is 13.4 Å². The average molecular weight is 298 g/mol. The predicted molar refractivity (Wildman–Crippen MR) is 75.6 cm³/mol. The maximum Gasteiger partial charge on any atom is 0.262 e. The van der Waals surface area contributed by atoms with E-state index in [-0.39, 0.29) is 11.1 Å². The monoisotopic (exact) mass is 298 g/mol. The Kier molecular flexibility index (Phi) is 3.38. The van der Waals surface area contributed by atoms with Crippen LogP contribution in [0.2, 0.25) is 0 Å². The molecular formula is C13H22N4O2S. The van der Waals surface area contributed by atoms with Crippen LogP contribution < -0.4 is 5.73 Å². The van der Waals surface area contributed by atoms with Crippen molar-refractivity contribution in [2.75, 3.05) is 13.1 Å². The molecule has 0 spiro atoms. The highest BCUT2D eigenvalue weighted by Gasteiger charge is 2.45. The zero-order chi connectivity index (χ0) is 14.5. The molecular weight excluding hydrogens is 276 g/mol. The summed E-state index contributed by atoms with van der Waals surface area (Å²) in [6.07, 6.45) is 3.70. The molecule has 1 aromatic heterocycles. The number of nitrogens with zero attached hydrogens (tertiary/aromatic N) is 3. The Morgan fingerprint density at radius 3 is 2.75 bits per heavy atom. The van der Waals surface area contributed by atoms with Crippen molar-refractivity contribution >= 4 is 10.0 Å². The van der Waals surface area contributed by atoms with Crippen LogP contribution in [0.1, 0.15) is 25.6 Å². The number of fused-ring (bicyclic) bond motifs is 1. The number of hydrogen-bond donors (Lipinski definition) is 1. The lowest BCUT2D eigenvalue weighted by Gasteiger charge is -2.17. The van der Waals surface area contributed by atoms with Crippen LogP contribution in [0.25, 0.3) is 0 Å². The van der Waals surface area contributed by atoms with Crippen LogP contribution in [0, 0.1) is 18.8 Å². The van der Waals surface area contributed by atoms with Gasteiger partial charge in [-0.05, 0) is 38.5 Å². The molecule has 2 fully saturated rings. The number of hydrogen-bond acceptors (Lipinski definition) is 4. The van der Waals surface area contributed by atoms with Gasteiger partial charge in [0.1, 0.15) is 5.82 Å². The minimum Gasteiger partial charge on any atom is -0.334 e. The van der Waals surface area contributed by atoms with E-state index >= 15 is 0 Å². The number of aromatic nitrogens is 2. The average Bonchev–Trinajstić information content (AvgIpc) is 3.06. The predicted octanol–water partition coefficient (Wildman–Crippen LogP) is 0.569. The van der Waals surface area contributed by atoms with Gasteiger partial charge in [0.2, 0.25) is 0 Å². The molecule has 20 heavy (non-hydrogen) atoms. The Balaban J connectivity index is 1.86. The van der Waals surface area contributed by atoms with Gasteiger partial charge in [-0.1, -0.05) is 0 Å². The first-order valence-electron chi connectivity index (χ1n) is 7.23. The summed E-state index contributed by atoms with van der Waals surface area (Å²) in [5, 5.41) is 0.172. The molecule has 1 aliphatic heterocycles. The molecule has 0 radical (unpaired) electrons. The molecule has 3 atom stereocenters. The van der Waals surface area contributed by atoms with Crippen LogP contribution in [-0.4, -0.2) is 41.4 Å². The highest BCUT2D eigenvalue weighted by Crippen LogP contribution is 2.39. The maximum absolute atomic E-state index is 12.7. The van der Waals surface area contributed by atoms with Gasteiger partial charge in [0.25, 0.3) is 10.0 Å². The van der Waals surface area contributed by atoms with E-state index in [1.807, 2.05) is 18.4 Å². The highest BCUT2D eigenvalue weighted by atomic mass is 32.2. The fourth-order valence-corrected chi connectivity index (χ4v) is 5.05. The summed E-state index contributed by atoms with van der Waals surface area (Å²) >= 11 is 0. The van der Waals surface area contributed by atoms with E-state index in [1.165, 1.54) is 0 Å². The van der Waals surface area contributed by atoms with E-state index in [0.717, 1.165) is 25.2 Å². The van der Waals surface area contributed by atoms with Crippen molar-refractivity contribution in [2.45, 2.75) is 44.3 Å². The molecule has 1 aromatic rings. The second-order valence-corrected chi connectivity index (χ2v) is 7.78. The molecule has 0 aromatic carbocycles. The lowest BCUT2D eigenvalue weighted by molar-refractivity contribution is 0.425. The molecule has 2 N–H and O–H groups in total. The number of nitrogens with two attached hydrogens (primary N) is 1. The number of rotatable bonds is 3. The van der Waals surface area contributed by atoms with Crippen molar-refractivity contribution in [3.8, 4) is 0 Å². The van der Waals surface area contributed by atoms with Crippen molar-refractivity contribution < 1.29 is 8.42 Å². The Labute approximate surface area is 120 Å². The minimum atomic E-state index is -3.47. The third kappa shape index (κ3) is 2.08. The Morgan fingerprint density at radius 1 is 1.40 bits per heavy atom. The van der Waals surface area contributed by atoms with Crippen LogP contribution in [-0.2, 0) is 16.6 Å². The first-order valence-corrected chi connectivity index (χ1v) is 8.67. The van der Waals surface area contributed by atoms with Crippen molar-refractivity contribution in [2.24, 2.45) is 17.6 Å². The Hall–Kier alpha value is -0.920. The van der Waals surface area contributed by atoms with Gasteiger partial charge in [-0.2, -0.15) is 4.31 Å². The van der Waals surface area contributed by atoms with E-state index < -0.39 is 10.0 Å². The summed E-state index contributed by atoms with van der Waals surface area (Å²) < 4.78 is 28.8. The van der Waals surface area contributed by atoms with Crippen LogP contribution in [0.15, 0.2) is 11.2 Å².